The van der Waals surface area contributed by atoms with Gasteiger partial charge in [0.15, 0.2) is 6.23 Å². The van der Waals surface area contributed by atoms with Crippen molar-refractivity contribution in [3.8, 4) is 0 Å². The Balaban J connectivity index is 3.44. The first kappa shape index (κ1) is 27.7. The number of aliphatic hydroxyl groups is 1. The van der Waals surface area contributed by atoms with Crippen LogP contribution in [0.4, 0.5) is 0 Å². The first-order valence-electron chi connectivity index (χ1n) is 12.6. The average molecular weight is 397 g/mol. The third-order valence-electron chi connectivity index (χ3n) is 6.61. The fourth-order valence-corrected chi connectivity index (χ4v) is 4.32. The molecular formula is C26H54NO+. The van der Waals surface area contributed by atoms with Crippen LogP contribution >= 0.6 is 0 Å². The van der Waals surface area contributed by atoms with Gasteiger partial charge in [-0.2, -0.15) is 0 Å². The molecule has 0 spiro atoms. The van der Waals surface area contributed by atoms with Gasteiger partial charge in [0.1, 0.15) is 6.04 Å². The molecule has 1 N–H and O–H groups in total. The number of aliphatic hydroxyl groups excluding tert-OH is 1. The lowest BCUT2D eigenvalue weighted by Gasteiger charge is -2.40. The third-order valence-corrected chi connectivity index (χ3v) is 6.61. The minimum atomic E-state index is -0.288. The van der Waals surface area contributed by atoms with Crippen molar-refractivity contribution in [3.05, 3.63) is 12.7 Å². The molecule has 0 saturated carbocycles. The Labute approximate surface area is 178 Å². The van der Waals surface area contributed by atoms with Gasteiger partial charge in [-0.1, -0.05) is 117 Å². The van der Waals surface area contributed by atoms with E-state index in [-0.39, 0.29) is 6.23 Å². The van der Waals surface area contributed by atoms with E-state index in [0.717, 1.165) is 12.8 Å². The molecule has 2 nitrogen and oxygen atoms in total. The van der Waals surface area contributed by atoms with E-state index in [9.17, 15) is 5.11 Å². The summed E-state index contributed by atoms with van der Waals surface area (Å²) < 4.78 is 0.652. The minimum absolute atomic E-state index is 0.288. The summed E-state index contributed by atoms with van der Waals surface area (Å²) in [6.45, 7) is 8.35. The van der Waals surface area contributed by atoms with Crippen LogP contribution in [0.25, 0.3) is 0 Å². The zero-order valence-corrected chi connectivity index (χ0v) is 20.1. The number of rotatable bonds is 21. The van der Waals surface area contributed by atoms with Crippen molar-refractivity contribution < 1.29 is 9.59 Å². The van der Waals surface area contributed by atoms with E-state index in [1.807, 2.05) is 6.08 Å². The Morgan fingerprint density at radius 2 is 1.04 bits per heavy atom. The summed E-state index contributed by atoms with van der Waals surface area (Å²) in [7, 11) is 4.26. The maximum Gasteiger partial charge on any atom is 0.190 e. The van der Waals surface area contributed by atoms with Crippen LogP contribution in [0.15, 0.2) is 12.7 Å². The van der Waals surface area contributed by atoms with Crippen molar-refractivity contribution in [2.75, 3.05) is 14.1 Å². The Bertz CT molecular complexity index is 339. The zero-order valence-electron chi connectivity index (χ0n) is 20.1. The second-order valence-corrected chi connectivity index (χ2v) is 9.41. The average Bonchev–Trinajstić information content (AvgIpc) is 2.69. The van der Waals surface area contributed by atoms with E-state index < -0.39 is 0 Å². The molecule has 28 heavy (non-hydrogen) atoms. The van der Waals surface area contributed by atoms with E-state index in [1.54, 1.807) is 0 Å². The highest BCUT2D eigenvalue weighted by Gasteiger charge is 2.31. The second-order valence-electron chi connectivity index (χ2n) is 9.41. The summed E-state index contributed by atoms with van der Waals surface area (Å²) in [5, 5.41) is 10.2. The maximum atomic E-state index is 10.2. The molecule has 0 saturated heterocycles. The number of quaternary nitrogens is 1. The quantitative estimate of drug-likeness (QED) is 0.0901. The lowest BCUT2D eigenvalue weighted by atomic mass is 10.0. The minimum Gasteiger partial charge on any atom is -0.345 e. The lowest BCUT2D eigenvalue weighted by Crippen LogP contribution is -2.54. The first-order chi connectivity index (χ1) is 13.5. The van der Waals surface area contributed by atoms with Gasteiger partial charge in [0.05, 0.1) is 14.1 Å². The van der Waals surface area contributed by atoms with Crippen LogP contribution in [0.2, 0.25) is 0 Å². The molecule has 0 aromatic heterocycles. The molecule has 0 aliphatic carbocycles. The van der Waals surface area contributed by atoms with Crippen molar-refractivity contribution in [1.29, 1.82) is 0 Å². The number of hydrogen-bond acceptors (Lipinski definition) is 1. The highest BCUT2D eigenvalue weighted by molar-refractivity contribution is 4.80. The Morgan fingerprint density at radius 1 is 0.679 bits per heavy atom. The fraction of sp³-hybridized carbons (Fsp3) is 0.923. The molecule has 0 bridgehead atoms. The Kier molecular flexibility index (Phi) is 18.4. The van der Waals surface area contributed by atoms with Crippen LogP contribution in [0.5, 0.6) is 0 Å². The van der Waals surface area contributed by atoms with Crippen LogP contribution in [0, 0.1) is 0 Å². The van der Waals surface area contributed by atoms with Crippen molar-refractivity contribution in [2.24, 2.45) is 0 Å². The SMILES string of the molecule is C=CC(CCCCCCCCCCCCCCCCCC)[N+](C)(C)C(O)CC. The summed E-state index contributed by atoms with van der Waals surface area (Å²) in [5.74, 6) is 0. The molecule has 2 heteroatoms. The highest BCUT2D eigenvalue weighted by atomic mass is 16.3. The molecular weight excluding hydrogens is 342 g/mol. The Morgan fingerprint density at radius 3 is 1.36 bits per heavy atom. The molecule has 0 aliphatic rings. The topological polar surface area (TPSA) is 20.2 Å². The van der Waals surface area contributed by atoms with Crippen molar-refractivity contribution in [3.63, 3.8) is 0 Å². The van der Waals surface area contributed by atoms with E-state index in [2.05, 4.69) is 34.5 Å². The van der Waals surface area contributed by atoms with Gasteiger partial charge >= 0.3 is 0 Å². The molecule has 2 unspecified atom stereocenters. The van der Waals surface area contributed by atoms with Crippen LogP contribution in [0.3, 0.4) is 0 Å². The Hall–Kier alpha value is -0.340. The van der Waals surface area contributed by atoms with Crippen molar-refractivity contribution >= 4 is 0 Å². The number of hydrogen-bond donors (Lipinski definition) is 1. The van der Waals surface area contributed by atoms with E-state index in [1.165, 1.54) is 103 Å². The summed E-state index contributed by atoms with van der Waals surface area (Å²) in [6.07, 6.45) is 26.3. The maximum absolute atomic E-state index is 10.2. The number of unbranched alkanes of at least 4 members (excludes halogenated alkanes) is 15. The highest BCUT2D eigenvalue weighted by Crippen LogP contribution is 2.21. The van der Waals surface area contributed by atoms with Gasteiger partial charge in [-0.05, 0) is 12.5 Å². The number of nitrogens with zero attached hydrogens (tertiary/aromatic N) is 1. The molecule has 0 aromatic rings. The molecule has 0 rings (SSSR count). The fourth-order valence-electron chi connectivity index (χ4n) is 4.32. The van der Waals surface area contributed by atoms with Crippen LogP contribution in [-0.4, -0.2) is 36.0 Å². The van der Waals surface area contributed by atoms with Gasteiger partial charge in [0.2, 0.25) is 0 Å². The van der Waals surface area contributed by atoms with Crippen molar-refractivity contribution in [2.45, 2.75) is 142 Å². The van der Waals surface area contributed by atoms with Crippen LogP contribution in [-0.2, 0) is 0 Å². The van der Waals surface area contributed by atoms with Gasteiger partial charge in [-0.3, -0.25) is 4.48 Å². The summed E-state index contributed by atoms with van der Waals surface area (Å²) in [5.41, 5.74) is 0. The molecule has 2 atom stereocenters. The normalized spacial score (nSPS) is 14.2. The van der Waals surface area contributed by atoms with Gasteiger partial charge in [-0.25, -0.2) is 0 Å². The molecule has 0 heterocycles. The summed E-state index contributed by atoms with van der Waals surface area (Å²) >= 11 is 0. The van der Waals surface area contributed by atoms with Crippen LogP contribution < -0.4 is 0 Å². The summed E-state index contributed by atoms with van der Waals surface area (Å²) in [4.78, 5) is 0. The first-order valence-corrected chi connectivity index (χ1v) is 12.6. The molecule has 0 radical (unpaired) electrons. The molecule has 0 aliphatic heterocycles. The van der Waals surface area contributed by atoms with E-state index >= 15 is 0 Å². The molecule has 0 fully saturated rings. The second kappa shape index (κ2) is 18.7. The number of likely N-dealkylation sites (N-methyl/N-ethyl adjacent to an activating group) is 1. The summed E-state index contributed by atoms with van der Waals surface area (Å²) in [6, 6.07) is 0.363. The van der Waals surface area contributed by atoms with Gasteiger partial charge in [-0.15, -0.1) is 0 Å². The lowest BCUT2D eigenvalue weighted by molar-refractivity contribution is -0.953. The smallest absolute Gasteiger partial charge is 0.190 e. The third kappa shape index (κ3) is 13.8. The van der Waals surface area contributed by atoms with Gasteiger partial charge in [0, 0.05) is 12.8 Å². The molecule has 168 valence electrons. The van der Waals surface area contributed by atoms with Gasteiger partial charge < -0.3 is 5.11 Å². The van der Waals surface area contributed by atoms with Crippen molar-refractivity contribution in [1.82, 2.24) is 0 Å². The van der Waals surface area contributed by atoms with Gasteiger partial charge in [0.25, 0.3) is 0 Å². The van der Waals surface area contributed by atoms with E-state index in [4.69, 9.17) is 0 Å². The zero-order chi connectivity index (χ0) is 21.1. The van der Waals surface area contributed by atoms with E-state index in [0.29, 0.717) is 10.5 Å². The van der Waals surface area contributed by atoms with Crippen LogP contribution in [0.1, 0.15) is 129 Å². The molecule has 0 aromatic carbocycles. The standard InChI is InChI=1S/C26H54NO/c1-6-9-10-11-12-13-14-15-16-17-18-19-20-21-22-23-24-25(7-2)27(4,5)26(28)8-3/h7,25-26,28H,2,6,8-24H2,1,3-5H3/q+1. The molecule has 0 amide bonds. The predicted octanol–water partition coefficient (Wildman–Crippen LogP) is 8.00. The predicted molar refractivity (Wildman–Crippen MR) is 127 cm³/mol. The largest absolute Gasteiger partial charge is 0.345 e. The monoisotopic (exact) mass is 396 g/mol.